The van der Waals surface area contributed by atoms with E-state index in [9.17, 15) is 4.79 Å². The van der Waals surface area contributed by atoms with Crippen LogP contribution >= 0.6 is 0 Å². The van der Waals surface area contributed by atoms with Crippen LogP contribution in [0.15, 0.2) is 24.3 Å². The van der Waals surface area contributed by atoms with Crippen molar-refractivity contribution >= 4 is 6.29 Å². The number of benzene rings is 1. The molecule has 1 aliphatic rings. The Bertz CT molecular complexity index is 350. The van der Waals surface area contributed by atoms with Crippen LogP contribution in [0, 0.1) is 0 Å². The van der Waals surface area contributed by atoms with Gasteiger partial charge in [-0.1, -0.05) is 37.1 Å². The van der Waals surface area contributed by atoms with Gasteiger partial charge < -0.3 is 4.90 Å². The minimum absolute atomic E-state index is 0.770. The van der Waals surface area contributed by atoms with Crippen molar-refractivity contribution in [1.82, 2.24) is 4.90 Å². The van der Waals surface area contributed by atoms with Crippen molar-refractivity contribution in [2.24, 2.45) is 0 Å². The van der Waals surface area contributed by atoms with E-state index in [0.29, 0.717) is 0 Å². The number of nitrogens with zero attached hydrogens (tertiary/aromatic N) is 1. The lowest BCUT2D eigenvalue weighted by atomic mass is 10.1. The Morgan fingerprint density at radius 3 is 2.28 bits per heavy atom. The minimum atomic E-state index is 0.770. The molecule has 0 spiro atoms. The van der Waals surface area contributed by atoms with Crippen LogP contribution < -0.4 is 0 Å². The molecule has 98 valence electrons. The third-order valence-electron chi connectivity index (χ3n) is 3.75. The topological polar surface area (TPSA) is 20.3 Å². The standard InChI is InChI=1S/C16H23NO/c18-14-16-9-7-15(8-10-16)6-5-13-17-11-3-1-2-4-12-17/h7-10,14H,1-6,11-13H2. The van der Waals surface area contributed by atoms with Crippen LogP contribution in [0.2, 0.25) is 0 Å². The molecule has 0 unspecified atom stereocenters. The highest BCUT2D eigenvalue weighted by atomic mass is 16.1. The van der Waals surface area contributed by atoms with E-state index in [-0.39, 0.29) is 0 Å². The Morgan fingerprint density at radius 2 is 1.67 bits per heavy atom. The molecule has 1 saturated heterocycles. The molecule has 0 radical (unpaired) electrons. The van der Waals surface area contributed by atoms with Gasteiger partial charge in [-0.15, -0.1) is 0 Å². The van der Waals surface area contributed by atoms with Gasteiger partial charge in [0.05, 0.1) is 0 Å². The first-order chi connectivity index (χ1) is 8.88. The summed E-state index contributed by atoms with van der Waals surface area (Å²) >= 11 is 0. The lowest BCUT2D eigenvalue weighted by Gasteiger charge is -2.19. The summed E-state index contributed by atoms with van der Waals surface area (Å²) in [5, 5.41) is 0. The average Bonchev–Trinajstić information content (AvgIpc) is 2.68. The van der Waals surface area contributed by atoms with E-state index in [0.717, 1.165) is 18.3 Å². The van der Waals surface area contributed by atoms with Gasteiger partial charge in [0.2, 0.25) is 0 Å². The van der Waals surface area contributed by atoms with Crippen LogP contribution in [0.4, 0.5) is 0 Å². The Labute approximate surface area is 110 Å². The molecule has 1 aromatic carbocycles. The second-order valence-electron chi connectivity index (χ2n) is 5.22. The van der Waals surface area contributed by atoms with Crippen LogP contribution in [0.25, 0.3) is 0 Å². The quantitative estimate of drug-likeness (QED) is 0.742. The molecule has 1 aromatic rings. The summed E-state index contributed by atoms with van der Waals surface area (Å²) in [7, 11) is 0. The normalized spacial score (nSPS) is 17.3. The summed E-state index contributed by atoms with van der Waals surface area (Å²) in [5.74, 6) is 0. The lowest BCUT2D eigenvalue weighted by molar-refractivity contribution is 0.112. The molecule has 0 N–H and O–H groups in total. The number of aldehydes is 1. The molecule has 1 heterocycles. The number of carbonyl (C=O) groups is 1. The minimum Gasteiger partial charge on any atom is -0.303 e. The number of aryl methyl sites for hydroxylation is 1. The summed E-state index contributed by atoms with van der Waals surface area (Å²) in [6.07, 6.45) is 8.80. The first-order valence-corrected chi connectivity index (χ1v) is 7.15. The number of hydrogen-bond donors (Lipinski definition) is 0. The third-order valence-corrected chi connectivity index (χ3v) is 3.75. The van der Waals surface area contributed by atoms with E-state index < -0.39 is 0 Å². The summed E-state index contributed by atoms with van der Waals surface area (Å²) in [6, 6.07) is 7.97. The fourth-order valence-corrected chi connectivity index (χ4v) is 2.63. The van der Waals surface area contributed by atoms with Crippen molar-refractivity contribution in [1.29, 1.82) is 0 Å². The van der Waals surface area contributed by atoms with Crippen molar-refractivity contribution in [3.63, 3.8) is 0 Å². The molecule has 18 heavy (non-hydrogen) atoms. The van der Waals surface area contributed by atoms with E-state index in [1.807, 2.05) is 12.1 Å². The zero-order valence-corrected chi connectivity index (χ0v) is 11.1. The van der Waals surface area contributed by atoms with Crippen LogP contribution in [0.5, 0.6) is 0 Å². The predicted octanol–water partition coefficient (Wildman–Crippen LogP) is 3.31. The molecule has 2 rings (SSSR count). The number of likely N-dealkylation sites (tertiary alicyclic amines) is 1. The fraction of sp³-hybridized carbons (Fsp3) is 0.562. The molecule has 0 aromatic heterocycles. The molecule has 2 heteroatoms. The monoisotopic (exact) mass is 245 g/mol. The molecule has 0 bridgehead atoms. The molecule has 0 amide bonds. The van der Waals surface area contributed by atoms with Crippen LogP contribution in [0.1, 0.15) is 48.0 Å². The molecular weight excluding hydrogens is 222 g/mol. The van der Waals surface area contributed by atoms with Crippen LogP contribution in [-0.2, 0) is 6.42 Å². The number of hydrogen-bond acceptors (Lipinski definition) is 2. The van der Waals surface area contributed by atoms with Crippen LogP contribution in [-0.4, -0.2) is 30.8 Å². The molecule has 2 nitrogen and oxygen atoms in total. The maximum absolute atomic E-state index is 10.6. The average molecular weight is 245 g/mol. The zero-order valence-electron chi connectivity index (χ0n) is 11.1. The smallest absolute Gasteiger partial charge is 0.150 e. The molecule has 1 fully saturated rings. The zero-order chi connectivity index (χ0) is 12.6. The van der Waals surface area contributed by atoms with Gasteiger partial charge in [0, 0.05) is 5.56 Å². The molecule has 0 aliphatic carbocycles. The highest BCUT2D eigenvalue weighted by molar-refractivity contribution is 5.74. The van der Waals surface area contributed by atoms with Crippen LogP contribution in [0.3, 0.4) is 0 Å². The first kappa shape index (κ1) is 13.3. The number of carbonyl (C=O) groups excluding carboxylic acids is 1. The van der Waals surface area contributed by atoms with Gasteiger partial charge in [0.1, 0.15) is 6.29 Å². The molecular formula is C16H23NO. The van der Waals surface area contributed by atoms with E-state index in [2.05, 4.69) is 17.0 Å². The molecule has 0 atom stereocenters. The summed E-state index contributed by atoms with van der Waals surface area (Å²) in [4.78, 5) is 13.2. The van der Waals surface area contributed by atoms with Crippen molar-refractivity contribution in [2.45, 2.75) is 38.5 Å². The predicted molar refractivity (Wildman–Crippen MR) is 75.1 cm³/mol. The summed E-state index contributed by atoms with van der Waals surface area (Å²) < 4.78 is 0. The van der Waals surface area contributed by atoms with E-state index in [1.165, 1.54) is 57.3 Å². The summed E-state index contributed by atoms with van der Waals surface area (Å²) in [6.45, 7) is 3.78. The van der Waals surface area contributed by atoms with Crippen molar-refractivity contribution in [3.8, 4) is 0 Å². The molecule has 0 saturated carbocycles. The van der Waals surface area contributed by atoms with E-state index >= 15 is 0 Å². The largest absolute Gasteiger partial charge is 0.303 e. The maximum Gasteiger partial charge on any atom is 0.150 e. The highest BCUT2D eigenvalue weighted by Crippen LogP contribution is 2.11. The molecule has 1 aliphatic heterocycles. The first-order valence-electron chi connectivity index (χ1n) is 7.15. The van der Waals surface area contributed by atoms with Gasteiger partial charge in [-0.05, 0) is 50.9 Å². The van der Waals surface area contributed by atoms with Crippen molar-refractivity contribution in [2.75, 3.05) is 19.6 Å². The second-order valence-corrected chi connectivity index (χ2v) is 5.22. The number of rotatable bonds is 5. The van der Waals surface area contributed by atoms with Gasteiger partial charge in [0.15, 0.2) is 0 Å². The van der Waals surface area contributed by atoms with Gasteiger partial charge in [0.25, 0.3) is 0 Å². The Kier molecular flexibility index (Phi) is 5.40. The van der Waals surface area contributed by atoms with Gasteiger partial charge >= 0.3 is 0 Å². The van der Waals surface area contributed by atoms with Gasteiger partial charge in [-0.2, -0.15) is 0 Å². The Balaban J connectivity index is 1.71. The lowest BCUT2D eigenvalue weighted by Crippen LogP contribution is -2.26. The maximum atomic E-state index is 10.6. The van der Waals surface area contributed by atoms with Gasteiger partial charge in [-0.3, -0.25) is 4.79 Å². The Morgan fingerprint density at radius 1 is 1.00 bits per heavy atom. The van der Waals surface area contributed by atoms with Gasteiger partial charge in [-0.25, -0.2) is 0 Å². The Hall–Kier alpha value is -1.15. The van der Waals surface area contributed by atoms with Crippen molar-refractivity contribution in [3.05, 3.63) is 35.4 Å². The highest BCUT2D eigenvalue weighted by Gasteiger charge is 2.08. The van der Waals surface area contributed by atoms with E-state index in [4.69, 9.17) is 0 Å². The van der Waals surface area contributed by atoms with Crippen molar-refractivity contribution < 1.29 is 4.79 Å². The summed E-state index contributed by atoms with van der Waals surface area (Å²) in [5.41, 5.74) is 2.11. The SMILES string of the molecule is O=Cc1ccc(CCCN2CCCCCC2)cc1. The fourth-order valence-electron chi connectivity index (χ4n) is 2.63. The van der Waals surface area contributed by atoms with E-state index in [1.54, 1.807) is 0 Å². The second kappa shape index (κ2) is 7.32. The third kappa shape index (κ3) is 4.26.